The van der Waals surface area contributed by atoms with Crippen LogP contribution in [-0.2, 0) is 4.79 Å². The molecule has 1 N–H and O–H groups in total. The van der Waals surface area contributed by atoms with Crippen molar-refractivity contribution in [1.29, 1.82) is 5.26 Å². The Morgan fingerprint density at radius 1 is 1.40 bits per heavy atom. The highest BCUT2D eigenvalue weighted by molar-refractivity contribution is 14.1. The van der Waals surface area contributed by atoms with Gasteiger partial charge in [-0.2, -0.15) is 5.26 Å². The van der Waals surface area contributed by atoms with Crippen molar-refractivity contribution >= 4 is 34.2 Å². The van der Waals surface area contributed by atoms with Crippen LogP contribution >= 0.6 is 22.6 Å². The van der Waals surface area contributed by atoms with E-state index in [2.05, 4.69) is 32.9 Å². The minimum atomic E-state index is -0.293. The second kappa shape index (κ2) is 6.86. The number of carbonyl (C=O) groups is 1. The summed E-state index contributed by atoms with van der Waals surface area (Å²) in [6.45, 7) is -0.112. The predicted octanol–water partition coefficient (Wildman–Crippen LogP) is 2.58. The number of ether oxygens (including phenoxy) is 1. The van der Waals surface area contributed by atoms with Gasteiger partial charge in [0.1, 0.15) is 9.45 Å². The van der Waals surface area contributed by atoms with Crippen LogP contribution in [0.2, 0.25) is 0 Å². The molecule has 1 aromatic carbocycles. The molecule has 0 saturated heterocycles. The fourth-order valence-corrected chi connectivity index (χ4v) is 1.78. The van der Waals surface area contributed by atoms with Crippen LogP contribution in [0.1, 0.15) is 5.56 Å². The van der Waals surface area contributed by atoms with Crippen molar-refractivity contribution in [3.05, 3.63) is 51.9 Å². The second-order valence-corrected chi connectivity index (χ2v) is 4.95. The molecule has 0 unspecified atom stereocenters. The average Bonchev–Trinajstić information content (AvgIpc) is 2.47. The van der Waals surface area contributed by atoms with E-state index in [1.807, 2.05) is 6.07 Å². The number of nitriles is 1. The van der Waals surface area contributed by atoms with Crippen LogP contribution in [0.25, 0.3) is 0 Å². The predicted molar refractivity (Wildman–Crippen MR) is 82.2 cm³/mol. The highest BCUT2D eigenvalue weighted by atomic mass is 127. The normalized spacial score (nSPS) is 9.60. The number of pyridine rings is 1. The van der Waals surface area contributed by atoms with Crippen molar-refractivity contribution in [2.75, 3.05) is 11.9 Å². The van der Waals surface area contributed by atoms with Gasteiger partial charge >= 0.3 is 0 Å². The van der Waals surface area contributed by atoms with E-state index in [9.17, 15) is 4.79 Å². The lowest BCUT2D eigenvalue weighted by molar-refractivity contribution is -0.118. The van der Waals surface area contributed by atoms with E-state index in [-0.39, 0.29) is 12.5 Å². The highest BCUT2D eigenvalue weighted by Gasteiger charge is 2.04. The largest absolute Gasteiger partial charge is 0.482 e. The van der Waals surface area contributed by atoms with E-state index in [1.165, 1.54) is 0 Å². The first-order valence-corrected chi connectivity index (χ1v) is 6.79. The number of aromatic nitrogens is 1. The molecule has 1 heterocycles. The summed E-state index contributed by atoms with van der Waals surface area (Å²) in [7, 11) is 0. The molecule has 0 fully saturated rings. The smallest absolute Gasteiger partial charge is 0.262 e. The number of anilines is 1. The standard InChI is InChI=1S/C14H10IN3O2/c15-13-5-4-12(8-17-13)20-9-14(19)18-11-3-1-2-10(6-11)7-16/h1-6,8H,9H2,(H,18,19). The molecule has 0 saturated carbocycles. The zero-order chi connectivity index (χ0) is 14.4. The lowest BCUT2D eigenvalue weighted by Gasteiger charge is -2.07. The van der Waals surface area contributed by atoms with E-state index in [0.29, 0.717) is 17.0 Å². The summed E-state index contributed by atoms with van der Waals surface area (Å²) in [4.78, 5) is 15.8. The van der Waals surface area contributed by atoms with Crippen LogP contribution < -0.4 is 10.1 Å². The molecular formula is C14H10IN3O2. The molecule has 6 heteroatoms. The molecule has 100 valence electrons. The fourth-order valence-electron chi connectivity index (χ4n) is 1.46. The summed E-state index contributed by atoms with van der Waals surface area (Å²) < 4.78 is 6.16. The molecule has 2 rings (SSSR count). The van der Waals surface area contributed by atoms with Gasteiger partial charge in [0.2, 0.25) is 0 Å². The molecule has 2 aromatic rings. The van der Waals surface area contributed by atoms with Crippen LogP contribution in [0, 0.1) is 15.0 Å². The third-order valence-corrected chi connectivity index (χ3v) is 2.98. The van der Waals surface area contributed by atoms with Gasteiger partial charge in [-0.15, -0.1) is 0 Å². The third-order valence-electron chi connectivity index (χ3n) is 2.35. The Bertz CT molecular complexity index is 650. The van der Waals surface area contributed by atoms with Gasteiger partial charge in [-0.3, -0.25) is 4.79 Å². The molecule has 0 aliphatic rings. The summed E-state index contributed by atoms with van der Waals surface area (Å²) in [5, 5.41) is 11.4. The van der Waals surface area contributed by atoms with Gasteiger partial charge in [0.25, 0.3) is 5.91 Å². The Morgan fingerprint density at radius 3 is 2.95 bits per heavy atom. The lowest BCUT2D eigenvalue weighted by Crippen LogP contribution is -2.20. The Labute approximate surface area is 129 Å². The summed E-state index contributed by atoms with van der Waals surface area (Å²) in [6, 6.07) is 12.2. The van der Waals surface area contributed by atoms with Gasteiger partial charge in [-0.25, -0.2) is 4.98 Å². The van der Waals surface area contributed by atoms with E-state index < -0.39 is 0 Å². The molecule has 5 nitrogen and oxygen atoms in total. The van der Waals surface area contributed by atoms with Crippen LogP contribution in [0.4, 0.5) is 5.69 Å². The average molecular weight is 379 g/mol. The lowest BCUT2D eigenvalue weighted by atomic mass is 10.2. The molecule has 0 radical (unpaired) electrons. The number of amides is 1. The number of halogens is 1. The van der Waals surface area contributed by atoms with Crippen LogP contribution in [0.3, 0.4) is 0 Å². The van der Waals surface area contributed by atoms with E-state index in [0.717, 1.165) is 3.70 Å². The summed E-state index contributed by atoms with van der Waals surface area (Å²) in [5.41, 5.74) is 1.06. The van der Waals surface area contributed by atoms with Gasteiger partial charge in [-0.05, 0) is 52.9 Å². The SMILES string of the molecule is N#Cc1cccc(NC(=O)COc2ccc(I)nc2)c1. The molecule has 0 aliphatic carbocycles. The number of carbonyl (C=O) groups excluding carboxylic acids is 1. The minimum Gasteiger partial charge on any atom is -0.482 e. The van der Waals surface area contributed by atoms with Crippen molar-refractivity contribution < 1.29 is 9.53 Å². The summed E-state index contributed by atoms with van der Waals surface area (Å²) in [5.74, 6) is 0.241. The quantitative estimate of drug-likeness (QED) is 0.655. The van der Waals surface area contributed by atoms with Crippen molar-refractivity contribution in [3.63, 3.8) is 0 Å². The zero-order valence-corrected chi connectivity index (χ0v) is 12.5. The molecule has 0 bridgehead atoms. The molecule has 0 aliphatic heterocycles. The minimum absolute atomic E-state index is 0.112. The number of hydrogen-bond acceptors (Lipinski definition) is 4. The Kier molecular flexibility index (Phi) is 4.90. The van der Waals surface area contributed by atoms with Crippen molar-refractivity contribution in [2.45, 2.75) is 0 Å². The zero-order valence-electron chi connectivity index (χ0n) is 10.3. The fraction of sp³-hybridized carbons (Fsp3) is 0.0714. The monoisotopic (exact) mass is 379 g/mol. The molecular weight excluding hydrogens is 369 g/mol. The number of rotatable bonds is 4. The molecule has 0 atom stereocenters. The van der Waals surface area contributed by atoms with Gasteiger partial charge in [0.15, 0.2) is 6.61 Å². The van der Waals surface area contributed by atoms with Gasteiger partial charge < -0.3 is 10.1 Å². The Morgan fingerprint density at radius 2 is 2.25 bits per heavy atom. The summed E-state index contributed by atoms with van der Waals surface area (Å²) >= 11 is 2.09. The number of nitrogens with zero attached hydrogens (tertiary/aromatic N) is 2. The first-order valence-electron chi connectivity index (χ1n) is 5.72. The van der Waals surface area contributed by atoms with E-state index in [4.69, 9.17) is 10.00 Å². The maximum absolute atomic E-state index is 11.7. The van der Waals surface area contributed by atoms with Gasteiger partial charge in [0.05, 0.1) is 17.8 Å². The Hall–Kier alpha value is -2.14. The number of benzene rings is 1. The first kappa shape index (κ1) is 14.3. The van der Waals surface area contributed by atoms with E-state index >= 15 is 0 Å². The first-order chi connectivity index (χ1) is 9.67. The topological polar surface area (TPSA) is 75.0 Å². The van der Waals surface area contributed by atoms with Crippen LogP contribution in [0.15, 0.2) is 42.6 Å². The van der Waals surface area contributed by atoms with Gasteiger partial charge in [0, 0.05) is 5.69 Å². The highest BCUT2D eigenvalue weighted by Crippen LogP contribution is 2.12. The Balaban J connectivity index is 1.89. The van der Waals surface area contributed by atoms with Crippen molar-refractivity contribution in [1.82, 2.24) is 4.98 Å². The molecule has 0 spiro atoms. The number of nitrogens with one attached hydrogen (secondary N) is 1. The van der Waals surface area contributed by atoms with E-state index in [1.54, 1.807) is 42.6 Å². The second-order valence-electron chi connectivity index (χ2n) is 3.85. The van der Waals surface area contributed by atoms with Crippen LogP contribution in [0.5, 0.6) is 5.75 Å². The number of hydrogen-bond donors (Lipinski definition) is 1. The van der Waals surface area contributed by atoms with Crippen molar-refractivity contribution in [3.8, 4) is 11.8 Å². The molecule has 1 aromatic heterocycles. The van der Waals surface area contributed by atoms with Gasteiger partial charge in [-0.1, -0.05) is 6.07 Å². The molecule has 20 heavy (non-hydrogen) atoms. The summed E-state index contributed by atoms with van der Waals surface area (Å²) in [6.07, 6.45) is 1.56. The maximum atomic E-state index is 11.7. The molecule has 1 amide bonds. The maximum Gasteiger partial charge on any atom is 0.262 e. The van der Waals surface area contributed by atoms with Crippen molar-refractivity contribution in [2.24, 2.45) is 0 Å². The third kappa shape index (κ3) is 4.20. The van der Waals surface area contributed by atoms with Crippen LogP contribution in [-0.4, -0.2) is 17.5 Å².